The van der Waals surface area contributed by atoms with E-state index in [1.165, 1.54) is 32.4 Å². The number of methoxy groups -OCH3 is 2. The van der Waals surface area contributed by atoms with Gasteiger partial charge in [0.1, 0.15) is 5.75 Å². The van der Waals surface area contributed by atoms with E-state index < -0.39 is 33.3 Å². The highest BCUT2D eigenvalue weighted by Gasteiger charge is 2.41. The smallest absolute Gasteiger partial charge is 0.416 e. The first kappa shape index (κ1) is 26.0. The van der Waals surface area contributed by atoms with Crippen molar-refractivity contribution in [2.24, 2.45) is 0 Å². The van der Waals surface area contributed by atoms with E-state index in [-0.39, 0.29) is 31.1 Å². The molecule has 0 saturated carbocycles. The van der Waals surface area contributed by atoms with E-state index in [2.05, 4.69) is 10.0 Å². The van der Waals surface area contributed by atoms with Crippen LogP contribution in [0.2, 0.25) is 0 Å². The zero-order valence-corrected chi connectivity index (χ0v) is 20.4. The number of benzene rings is 2. The number of ether oxygens (including phenoxy) is 3. The van der Waals surface area contributed by atoms with E-state index in [4.69, 9.17) is 14.2 Å². The number of sulfonamides is 1. The lowest BCUT2D eigenvalue weighted by Gasteiger charge is -2.39. The van der Waals surface area contributed by atoms with Gasteiger partial charge in [0.25, 0.3) is 0 Å². The highest BCUT2D eigenvalue weighted by Crippen LogP contribution is 2.43. The Hall–Kier alpha value is -3.09. The molecule has 0 bridgehead atoms. The fourth-order valence-electron chi connectivity index (χ4n) is 4.38. The maximum Gasteiger partial charge on any atom is 0.416 e. The predicted molar refractivity (Wildman–Crippen MR) is 127 cm³/mol. The molecule has 36 heavy (non-hydrogen) atoms. The summed E-state index contributed by atoms with van der Waals surface area (Å²) >= 11 is 0. The number of amides is 1. The second-order valence-electron chi connectivity index (χ2n) is 8.74. The topological polar surface area (TPSA) is 103 Å². The number of hydrogen-bond acceptors (Lipinski definition) is 6. The summed E-state index contributed by atoms with van der Waals surface area (Å²) in [6.45, 7) is 0.0287. The molecule has 4 rings (SSSR count). The minimum Gasteiger partial charge on any atom is -0.481 e. The van der Waals surface area contributed by atoms with Crippen LogP contribution in [0.5, 0.6) is 5.75 Å². The van der Waals surface area contributed by atoms with Crippen LogP contribution in [0.25, 0.3) is 5.57 Å². The Morgan fingerprint density at radius 2 is 1.89 bits per heavy atom. The lowest BCUT2D eigenvalue weighted by atomic mass is 9.86. The maximum absolute atomic E-state index is 13.3. The van der Waals surface area contributed by atoms with Gasteiger partial charge in [-0.1, -0.05) is 12.1 Å². The zero-order valence-electron chi connectivity index (χ0n) is 19.6. The minimum absolute atomic E-state index is 0.0139. The number of fused-ring (bicyclic) bond motifs is 2. The highest BCUT2D eigenvalue weighted by molar-refractivity contribution is 7.92. The molecule has 2 aliphatic heterocycles. The summed E-state index contributed by atoms with van der Waals surface area (Å²) < 4.78 is 82.7. The molecular weight excluding hydrogens is 501 g/mol. The standard InChI is InChI=1S/C24H25F3N2O6S/c1-33-13-23(14-34-2)12-16(19-6-4-17(24(25,26)27)10-21(19)35-23)9-22(30)28-18-5-3-15-7-8-36(31,32)29-20(15)11-18/h3-6,9-11,29H,7-8,12-14H2,1-2H3,(H,28,30)/b16-9+. The van der Waals surface area contributed by atoms with Crippen LogP contribution in [-0.2, 0) is 36.9 Å². The zero-order chi connectivity index (χ0) is 26.1. The first-order valence-electron chi connectivity index (χ1n) is 11.0. The summed E-state index contributed by atoms with van der Waals surface area (Å²) in [6, 6.07) is 8.01. The average molecular weight is 527 g/mol. The maximum atomic E-state index is 13.3. The number of carbonyl (C=O) groups excluding carboxylic acids is 1. The summed E-state index contributed by atoms with van der Waals surface area (Å²) in [5.41, 5.74) is 0.323. The molecule has 2 aliphatic rings. The Morgan fingerprint density at radius 1 is 1.17 bits per heavy atom. The van der Waals surface area contributed by atoms with E-state index >= 15 is 0 Å². The Labute approximate surface area is 206 Å². The van der Waals surface area contributed by atoms with Crippen molar-refractivity contribution in [3.05, 3.63) is 59.2 Å². The highest BCUT2D eigenvalue weighted by atomic mass is 32.2. The molecule has 2 aromatic carbocycles. The van der Waals surface area contributed by atoms with Gasteiger partial charge in [-0.05, 0) is 41.8 Å². The molecule has 0 radical (unpaired) electrons. The van der Waals surface area contributed by atoms with Crippen molar-refractivity contribution in [3.63, 3.8) is 0 Å². The number of carbonyl (C=O) groups is 1. The van der Waals surface area contributed by atoms with Crippen molar-refractivity contribution in [1.82, 2.24) is 0 Å². The van der Waals surface area contributed by atoms with Crippen LogP contribution in [0.1, 0.15) is 23.1 Å². The van der Waals surface area contributed by atoms with Crippen molar-refractivity contribution in [1.29, 1.82) is 0 Å². The van der Waals surface area contributed by atoms with Crippen LogP contribution >= 0.6 is 0 Å². The Morgan fingerprint density at radius 3 is 2.56 bits per heavy atom. The molecule has 12 heteroatoms. The van der Waals surface area contributed by atoms with Crippen LogP contribution in [0.15, 0.2) is 42.5 Å². The molecule has 0 unspecified atom stereocenters. The third-order valence-corrected chi connectivity index (χ3v) is 7.17. The molecule has 8 nitrogen and oxygen atoms in total. The summed E-state index contributed by atoms with van der Waals surface area (Å²) in [6.07, 6.45) is -2.78. The van der Waals surface area contributed by atoms with E-state index in [1.807, 2.05) is 0 Å². The third-order valence-electron chi connectivity index (χ3n) is 5.90. The van der Waals surface area contributed by atoms with Gasteiger partial charge in [-0.2, -0.15) is 13.2 Å². The van der Waals surface area contributed by atoms with Gasteiger partial charge in [0.15, 0.2) is 5.60 Å². The summed E-state index contributed by atoms with van der Waals surface area (Å²) in [5, 5.41) is 2.69. The van der Waals surface area contributed by atoms with Gasteiger partial charge in [-0.3, -0.25) is 9.52 Å². The first-order chi connectivity index (χ1) is 16.9. The molecule has 0 aliphatic carbocycles. The largest absolute Gasteiger partial charge is 0.481 e. The second-order valence-corrected chi connectivity index (χ2v) is 10.6. The first-order valence-corrected chi connectivity index (χ1v) is 12.6. The van der Waals surface area contributed by atoms with Gasteiger partial charge in [0, 0.05) is 38.0 Å². The van der Waals surface area contributed by atoms with E-state index in [1.54, 1.807) is 12.1 Å². The van der Waals surface area contributed by atoms with E-state index in [0.717, 1.165) is 17.7 Å². The predicted octanol–water partition coefficient (Wildman–Crippen LogP) is 3.84. The molecule has 194 valence electrons. The van der Waals surface area contributed by atoms with Crippen LogP contribution in [-0.4, -0.2) is 53.1 Å². The lowest BCUT2D eigenvalue weighted by Crippen LogP contribution is -2.47. The van der Waals surface area contributed by atoms with E-state index in [9.17, 15) is 26.4 Å². The molecule has 0 atom stereocenters. The lowest BCUT2D eigenvalue weighted by molar-refractivity contribution is -0.138. The minimum atomic E-state index is -4.57. The van der Waals surface area contributed by atoms with Crippen molar-refractivity contribution in [3.8, 4) is 5.75 Å². The molecule has 0 saturated heterocycles. The molecule has 2 N–H and O–H groups in total. The fourth-order valence-corrected chi connectivity index (χ4v) is 5.50. The van der Waals surface area contributed by atoms with Crippen LogP contribution in [0, 0.1) is 0 Å². The van der Waals surface area contributed by atoms with Gasteiger partial charge in [0.2, 0.25) is 15.9 Å². The van der Waals surface area contributed by atoms with Gasteiger partial charge < -0.3 is 19.5 Å². The molecule has 1 amide bonds. The number of rotatable bonds is 6. The third kappa shape index (κ3) is 5.66. The van der Waals surface area contributed by atoms with Gasteiger partial charge in [0.05, 0.1) is 30.2 Å². The SMILES string of the molecule is COCC1(COC)C/C(=C\C(=O)Nc2ccc3c(c2)NS(=O)(=O)CC3)c2ccc(C(F)(F)F)cc2O1. The van der Waals surface area contributed by atoms with Gasteiger partial charge in [-0.15, -0.1) is 0 Å². The molecular formula is C24H25F3N2O6S. The molecule has 2 heterocycles. The normalized spacial score (nSPS) is 19.0. The van der Waals surface area contributed by atoms with Gasteiger partial charge in [-0.25, -0.2) is 8.42 Å². The molecule has 0 aromatic heterocycles. The van der Waals surface area contributed by atoms with Gasteiger partial charge >= 0.3 is 6.18 Å². The van der Waals surface area contributed by atoms with Crippen LogP contribution in [0.4, 0.5) is 24.5 Å². The van der Waals surface area contributed by atoms with E-state index in [0.29, 0.717) is 28.9 Å². The Balaban J connectivity index is 1.67. The Kier molecular flexibility index (Phi) is 7.04. The molecule has 0 fully saturated rings. The monoisotopic (exact) mass is 526 g/mol. The average Bonchev–Trinajstić information content (AvgIpc) is 2.77. The fraction of sp³-hybridized carbons (Fsp3) is 0.375. The number of hydrogen-bond donors (Lipinski definition) is 2. The quantitative estimate of drug-likeness (QED) is 0.555. The van der Waals surface area contributed by atoms with Crippen LogP contribution in [0.3, 0.4) is 0 Å². The Bertz CT molecular complexity index is 1300. The summed E-state index contributed by atoms with van der Waals surface area (Å²) in [4.78, 5) is 12.9. The number of alkyl halides is 3. The molecule has 2 aromatic rings. The number of nitrogens with one attached hydrogen (secondary N) is 2. The number of aryl methyl sites for hydroxylation is 1. The summed E-state index contributed by atoms with van der Waals surface area (Å²) in [7, 11) is -0.561. The van der Waals surface area contributed by atoms with Crippen molar-refractivity contribution in [2.75, 3.05) is 43.2 Å². The van der Waals surface area contributed by atoms with Crippen molar-refractivity contribution < 1.29 is 40.6 Å². The number of anilines is 2. The van der Waals surface area contributed by atoms with Crippen molar-refractivity contribution in [2.45, 2.75) is 24.6 Å². The van der Waals surface area contributed by atoms with Crippen molar-refractivity contribution >= 4 is 32.9 Å². The summed E-state index contributed by atoms with van der Waals surface area (Å²) in [5.74, 6) is -0.590. The molecule has 0 spiro atoms. The second kappa shape index (κ2) is 9.75. The van der Waals surface area contributed by atoms with Crippen LogP contribution < -0.4 is 14.8 Å². The number of halogens is 3.